The first kappa shape index (κ1) is 22.9. The molecule has 1 aliphatic carbocycles. The predicted octanol–water partition coefficient (Wildman–Crippen LogP) is 5.07. The zero-order valence-corrected chi connectivity index (χ0v) is 20.0. The summed E-state index contributed by atoms with van der Waals surface area (Å²) < 4.78 is 33.2. The Labute approximate surface area is 194 Å². The van der Waals surface area contributed by atoms with Gasteiger partial charge in [-0.15, -0.1) is 0 Å². The van der Waals surface area contributed by atoms with E-state index in [2.05, 4.69) is 11.0 Å². The molecule has 0 unspecified atom stereocenters. The van der Waals surface area contributed by atoms with E-state index < -0.39 is 10.0 Å². The van der Waals surface area contributed by atoms with Crippen LogP contribution in [0.3, 0.4) is 0 Å². The molecule has 168 valence electrons. The third-order valence-corrected chi connectivity index (χ3v) is 8.91. The molecule has 0 radical (unpaired) electrons. The lowest BCUT2D eigenvalue weighted by Gasteiger charge is -2.37. The van der Waals surface area contributed by atoms with Crippen molar-refractivity contribution in [2.24, 2.45) is 5.92 Å². The van der Waals surface area contributed by atoms with E-state index in [-0.39, 0.29) is 21.9 Å². The van der Waals surface area contributed by atoms with E-state index in [0.29, 0.717) is 11.6 Å². The first-order chi connectivity index (χ1) is 14.8. The van der Waals surface area contributed by atoms with Crippen LogP contribution in [0.25, 0.3) is 0 Å². The molecule has 0 amide bonds. The summed E-state index contributed by atoms with van der Waals surface area (Å²) in [5, 5.41) is 0.934. The van der Waals surface area contributed by atoms with Crippen LogP contribution in [0.1, 0.15) is 31.2 Å². The van der Waals surface area contributed by atoms with Crippen molar-refractivity contribution in [3.63, 3.8) is 0 Å². The molecule has 2 fully saturated rings. The fraction of sp³-hybridized carbons (Fsp3) is 0.478. The third-order valence-electron chi connectivity index (χ3n) is 6.16. The minimum absolute atomic E-state index is 0.0564. The van der Waals surface area contributed by atoms with E-state index in [0.717, 1.165) is 43.8 Å². The Morgan fingerprint density at radius 2 is 1.77 bits per heavy atom. The molecule has 5 nitrogen and oxygen atoms in total. The van der Waals surface area contributed by atoms with Gasteiger partial charge < -0.3 is 4.74 Å². The maximum absolute atomic E-state index is 12.8. The summed E-state index contributed by atoms with van der Waals surface area (Å²) in [4.78, 5) is 2.56. The number of rotatable bonds is 8. The van der Waals surface area contributed by atoms with Crippen molar-refractivity contribution in [2.45, 2.75) is 43.2 Å². The molecule has 0 spiro atoms. The lowest BCUT2D eigenvalue weighted by atomic mass is 9.82. The quantitative estimate of drug-likeness (QED) is 0.526. The van der Waals surface area contributed by atoms with E-state index in [1.54, 1.807) is 25.2 Å². The van der Waals surface area contributed by atoms with Gasteiger partial charge >= 0.3 is 0 Å². The fourth-order valence-electron chi connectivity index (χ4n) is 4.33. The highest BCUT2D eigenvalue weighted by molar-refractivity contribution is 7.89. The number of nitrogens with zero attached hydrogens (tertiary/aromatic N) is 2. The smallest absolute Gasteiger partial charge is 0.244 e. The Hall–Kier alpha value is -1.31. The number of sulfonamides is 1. The molecular weight excluding hydrogens is 455 g/mol. The second-order valence-corrected chi connectivity index (χ2v) is 11.3. The Bertz CT molecular complexity index is 1020. The van der Waals surface area contributed by atoms with Crippen molar-refractivity contribution in [1.29, 1.82) is 0 Å². The van der Waals surface area contributed by atoms with E-state index >= 15 is 0 Å². The first-order valence-corrected chi connectivity index (χ1v) is 12.9. The molecule has 1 saturated heterocycles. The van der Waals surface area contributed by atoms with Crippen molar-refractivity contribution in [3.05, 3.63) is 58.1 Å². The van der Waals surface area contributed by atoms with E-state index in [4.69, 9.17) is 27.9 Å². The van der Waals surface area contributed by atoms with Gasteiger partial charge in [-0.2, -0.15) is 0 Å². The first-order valence-electron chi connectivity index (χ1n) is 10.7. The zero-order chi connectivity index (χ0) is 22.0. The highest BCUT2D eigenvalue weighted by Crippen LogP contribution is 2.37. The summed E-state index contributed by atoms with van der Waals surface area (Å²) in [6, 6.07) is 12.5. The van der Waals surface area contributed by atoms with Crippen LogP contribution in [0.15, 0.2) is 47.4 Å². The van der Waals surface area contributed by atoms with Crippen molar-refractivity contribution >= 4 is 33.2 Å². The van der Waals surface area contributed by atoms with Crippen molar-refractivity contribution in [2.75, 3.05) is 26.7 Å². The van der Waals surface area contributed by atoms with E-state index in [1.165, 1.54) is 23.2 Å². The molecule has 2 aromatic rings. The highest BCUT2D eigenvalue weighted by Gasteiger charge is 2.35. The van der Waals surface area contributed by atoms with Gasteiger partial charge in [-0.25, -0.2) is 12.7 Å². The summed E-state index contributed by atoms with van der Waals surface area (Å²) in [6.45, 7) is 3.54. The van der Waals surface area contributed by atoms with Crippen molar-refractivity contribution < 1.29 is 13.2 Å². The molecule has 0 bridgehead atoms. The van der Waals surface area contributed by atoms with Gasteiger partial charge in [0.05, 0.1) is 16.1 Å². The number of hydrogen-bond donors (Lipinski definition) is 0. The Morgan fingerprint density at radius 1 is 1.06 bits per heavy atom. The molecule has 8 heteroatoms. The van der Waals surface area contributed by atoms with Gasteiger partial charge in [0.1, 0.15) is 10.6 Å². The Balaban J connectivity index is 1.31. The third kappa shape index (κ3) is 5.20. The monoisotopic (exact) mass is 482 g/mol. The zero-order valence-electron chi connectivity index (χ0n) is 17.6. The lowest BCUT2D eigenvalue weighted by Crippen LogP contribution is -2.42. The molecular formula is C23H28Cl2N2O3S. The lowest BCUT2D eigenvalue weighted by molar-refractivity contribution is 0.0575. The SMILES string of the molecule is CN(CC1CC(Oc2cccc(CN3CCCC3)c2Cl)C1)S(=O)(=O)c1ccccc1Cl. The summed E-state index contributed by atoms with van der Waals surface area (Å²) in [5.74, 6) is 0.970. The van der Waals surface area contributed by atoms with E-state index in [9.17, 15) is 8.42 Å². The molecule has 0 aromatic heterocycles. The van der Waals surface area contributed by atoms with Crippen LogP contribution in [0.5, 0.6) is 5.75 Å². The minimum Gasteiger partial charge on any atom is -0.489 e. The standard InChI is InChI=1S/C23H28Cl2N2O3S/c1-26(31(28,29)22-10-3-2-8-20(22)24)15-17-13-19(14-17)30-21-9-6-7-18(23(21)25)16-27-11-4-5-12-27/h2-3,6-10,17,19H,4-5,11-16H2,1H3. The van der Waals surface area contributed by atoms with Crippen molar-refractivity contribution in [1.82, 2.24) is 9.21 Å². The number of ether oxygens (including phenoxy) is 1. The van der Waals surface area contributed by atoms with Crippen LogP contribution in [-0.4, -0.2) is 50.4 Å². The van der Waals surface area contributed by atoms with E-state index in [1.807, 2.05) is 12.1 Å². The van der Waals surface area contributed by atoms with Crippen molar-refractivity contribution in [3.8, 4) is 5.75 Å². The largest absolute Gasteiger partial charge is 0.489 e. The molecule has 2 aromatic carbocycles. The van der Waals surface area contributed by atoms with Gasteiger partial charge in [0.2, 0.25) is 10.0 Å². The number of hydrogen-bond acceptors (Lipinski definition) is 4. The van der Waals surface area contributed by atoms with Gasteiger partial charge in [0, 0.05) is 20.1 Å². The Kier molecular flexibility index (Phi) is 7.14. The molecule has 1 aliphatic heterocycles. The molecule has 1 heterocycles. The highest BCUT2D eigenvalue weighted by atomic mass is 35.5. The fourth-order valence-corrected chi connectivity index (χ4v) is 6.30. The van der Waals surface area contributed by atoms with Crippen LogP contribution in [0, 0.1) is 5.92 Å². The minimum atomic E-state index is -3.61. The van der Waals surface area contributed by atoms with Gasteiger partial charge in [-0.1, -0.05) is 47.5 Å². The maximum atomic E-state index is 12.8. The van der Waals surface area contributed by atoms with Gasteiger partial charge in [-0.3, -0.25) is 4.90 Å². The van der Waals surface area contributed by atoms with Crippen LogP contribution in [-0.2, 0) is 16.6 Å². The molecule has 2 aliphatic rings. The second-order valence-electron chi connectivity index (χ2n) is 8.51. The topological polar surface area (TPSA) is 49.9 Å². The summed E-state index contributed by atoms with van der Waals surface area (Å²) in [7, 11) is -2.00. The van der Waals surface area contributed by atoms with Gasteiger partial charge in [0.15, 0.2) is 0 Å². The number of likely N-dealkylation sites (tertiary alicyclic amines) is 1. The van der Waals surface area contributed by atoms with Crippen LogP contribution < -0.4 is 4.74 Å². The maximum Gasteiger partial charge on any atom is 0.244 e. The van der Waals surface area contributed by atoms with Crippen LogP contribution in [0.2, 0.25) is 10.0 Å². The predicted molar refractivity (Wildman–Crippen MR) is 124 cm³/mol. The average molecular weight is 483 g/mol. The number of benzene rings is 2. The average Bonchev–Trinajstić information content (AvgIpc) is 3.22. The van der Waals surface area contributed by atoms with Gasteiger partial charge in [0.25, 0.3) is 0 Å². The second kappa shape index (κ2) is 9.67. The molecule has 1 saturated carbocycles. The summed E-state index contributed by atoms with van der Waals surface area (Å²) >= 11 is 12.7. The molecule has 4 rings (SSSR count). The number of halogens is 2. The van der Waals surface area contributed by atoms with Crippen LogP contribution in [0.4, 0.5) is 0 Å². The molecule has 31 heavy (non-hydrogen) atoms. The van der Waals surface area contributed by atoms with Crippen LogP contribution >= 0.6 is 23.2 Å². The Morgan fingerprint density at radius 3 is 2.48 bits per heavy atom. The summed E-state index contributed by atoms with van der Waals surface area (Å²) in [5.41, 5.74) is 1.10. The molecule has 0 N–H and O–H groups in total. The van der Waals surface area contributed by atoms with Gasteiger partial charge in [-0.05, 0) is 68.5 Å². The molecule has 0 atom stereocenters. The summed E-state index contributed by atoms with van der Waals surface area (Å²) in [6.07, 6.45) is 4.15. The normalized spacial score (nSPS) is 21.9.